The lowest BCUT2D eigenvalue weighted by atomic mass is 9.87. The fourth-order valence-corrected chi connectivity index (χ4v) is 4.33. The molecule has 1 unspecified atom stereocenters. The van der Waals surface area contributed by atoms with Crippen molar-refractivity contribution in [3.63, 3.8) is 0 Å². The molecule has 0 bridgehead atoms. The number of esters is 1. The van der Waals surface area contributed by atoms with Gasteiger partial charge in [0.2, 0.25) is 0 Å². The van der Waals surface area contributed by atoms with Gasteiger partial charge in [0.15, 0.2) is 6.23 Å². The van der Waals surface area contributed by atoms with Crippen LogP contribution in [0.4, 0.5) is 26.3 Å². The van der Waals surface area contributed by atoms with E-state index in [0.717, 1.165) is 22.6 Å². The van der Waals surface area contributed by atoms with Crippen molar-refractivity contribution in [2.75, 3.05) is 13.1 Å². The Balaban J connectivity index is 1.71. The Morgan fingerprint density at radius 1 is 0.970 bits per heavy atom. The summed E-state index contributed by atoms with van der Waals surface area (Å²) in [6, 6.07) is 10.9. The van der Waals surface area contributed by atoms with E-state index < -0.39 is 47.6 Å². The highest BCUT2D eigenvalue weighted by molar-refractivity contribution is 5.99. The van der Waals surface area contributed by atoms with Crippen LogP contribution in [0.2, 0.25) is 0 Å². The summed E-state index contributed by atoms with van der Waals surface area (Å²) in [6.45, 7) is 0.114. The summed E-state index contributed by atoms with van der Waals surface area (Å²) in [5, 5.41) is 0. The molecule has 2 atom stereocenters. The molecule has 2 aromatic rings. The molecule has 0 aromatic heterocycles. The van der Waals surface area contributed by atoms with Crippen LogP contribution in [0.15, 0.2) is 48.5 Å². The van der Waals surface area contributed by atoms with E-state index >= 15 is 0 Å². The van der Waals surface area contributed by atoms with Crippen LogP contribution in [0.1, 0.15) is 27.0 Å². The number of carbonyl (C=O) groups is 2. The van der Waals surface area contributed by atoms with E-state index in [-0.39, 0.29) is 31.6 Å². The molecule has 0 radical (unpaired) electrons. The lowest BCUT2D eigenvalue weighted by Crippen LogP contribution is -2.64. The van der Waals surface area contributed by atoms with Gasteiger partial charge in [-0.05, 0) is 23.6 Å². The van der Waals surface area contributed by atoms with Crippen LogP contribution in [-0.4, -0.2) is 53.2 Å². The van der Waals surface area contributed by atoms with E-state index in [1.807, 2.05) is 0 Å². The minimum atomic E-state index is -5.26. The molecule has 33 heavy (non-hydrogen) atoms. The van der Waals surface area contributed by atoms with E-state index in [0.29, 0.717) is 0 Å². The first kappa shape index (κ1) is 23.1. The van der Waals surface area contributed by atoms with E-state index in [9.17, 15) is 35.9 Å². The maximum absolute atomic E-state index is 13.5. The Kier molecular flexibility index (Phi) is 5.85. The number of halogens is 6. The third-order valence-electron chi connectivity index (χ3n) is 5.77. The predicted octanol–water partition coefficient (Wildman–Crippen LogP) is 4.02. The Bertz CT molecular complexity index is 1050. The first-order valence-electron chi connectivity index (χ1n) is 10.0. The van der Waals surface area contributed by atoms with Crippen LogP contribution in [0, 0.1) is 0 Å². The molecule has 0 saturated carbocycles. The zero-order valence-electron chi connectivity index (χ0n) is 17.0. The zero-order valence-corrected chi connectivity index (χ0v) is 17.0. The largest absolute Gasteiger partial charge is 0.490 e. The normalized spacial score (nSPS) is 21.4. The number of rotatable bonds is 3. The fraction of sp³-hybridized carbons (Fsp3) is 0.364. The summed E-state index contributed by atoms with van der Waals surface area (Å²) in [5.74, 6) is -3.36. The van der Waals surface area contributed by atoms with Crippen molar-refractivity contribution >= 4 is 11.9 Å². The van der Waals surface area contributed by atoms with E-state index in [2.05, 4.69) is 0 Å². The third-order valence-corrected chi connectivity index (χ3v) is 5.77. The van der Waals surface area contributed by atoms with Crippen LogP contribution in [0.25, 0.3) is 0 Å². The molecule has 1 amide bonds. The van der Waals surface area contributed by atoms with Gasteiger partial charge in [0.25, 0.3) is 5.91 Å². The number of hydrogen-bond donors (Lipinski definition) is 0. The summed E-state index contributed by atoms with van der Waals surface area (Å²) < 4.78 is 84.2. The summed E-state index contributed by atoms with van der Waals surface area (Å²) in [4.78, 5) is 27.3. The standard InChI is InChI=1S/C22H18F6N2O3/c23-21(24,25)15-8-4-7-14-11-16-19(33-20(32)22(26,27)28)29(12-13-5-2-1-3-6-13)9-10-30(16)18(31)17(14)15/h1-8,16,19H,9-12H2/t16-,19?/m1/s1. The molecule has 2 aliphatic rings. The summed E-state index contributed by atoms with van der Waals surface area (Å²) in [5.41, 5.74) is -0.829. The van der Waals surface area contributed by atoms with E-state index in [1.165, 1.54) is 11.0 Å². The minimum Gasteiger partial charge on any atom is -0.437 e. The van der Waals surface area contributed by atoms with Gasteiger partial charge in [-0.3, -0.25) is 9.69 Å². The van der Waals surface area contributed by atoms with E-state index in [4.69, 9.17) is 4.74 Å². The van der Waals surface area contributed by atoms with Gasteiger partial charge in [-0.1, -0.05) is 42.5 Å². The summed E-state index contributed by atoms with van der Waals surface area (Å²) >= 11 is 0. The van der Waals surface area contributed by atoms with Crippen molar-refractivity contribution in [2.24, 2.45) is 0 Å². The van der Waals surface area contributed by atoms with Crippen molar-refractivity contribution in [1.82, 2.24) is 9.80 Å². The number of carbonyl (C=O) groups excluding carboxylic acids is 2. The molecule has 0 N–H and O–H groups in total. The second-order valence-corrected chi connectivity index (χ2v) is 7.86. The van der Waals surface area contributed by atoms with Crippen LogP contribution >= 0.6 is 0 Å². The van der Waals surface area contributed by atoms with Crippen molar-refractivity contribution in [3.05, 3.63) is 70.8 Å². The van der Waals surface area contributed by atoms with Gasteiger partial charge in [0.1, 0.15) is 0 Å². The number of hydrogen-bond acceptors (Lipinski definition) is 4. The number of benzene rings is 2. The Morgan fingerprint density at radius 3 is 2.30 bits per heavy atom. The van der Waals surface area contributed by atoms with Crippen molar-refractivity contribution in [2.45, 2.75) is 37.6 Å². The molecule has 176 valence electrons. The Hall–Kier alpha value is -3.08. The molecule has 2 aromatic carbocycles. The number of fused-ring (bicyclic) bond motifs is 2. The van der Waals surface area contributed by atoms with Crippen LogP contribution in [0.5, 0.6) is 0 Å². The molecular weight excluding hydrogens is 454 g/mol. The number of piperazine rings is 1. The number of nitrogens with zero attached hydrogens (tertiary/aromatic N) is 2. The molecule has 0 aliphatic carbocycles. The second-order valence-electron chi connectivity index (χ2n) is 7.86. The number of amides is 1. The molecule has 1 fully saturated rings. The van der Waals surface area contributed by atoms with Gasteiger partial charge in [-0.15, -0.1) is 0 Å². The SMILES string of the molecule is O=C1c2c(cccc2C(F)(F)F)C[C@@H]2C(OC(=O)C(F)(F)F)N(Cc3ccccc3)CCN12. The third kappa shape index (κ3) is 4.54. The highest BCUT2D eigenvalue weighted by Gasteiger charge is 2.50. The molecule has 2 heterocycles. The first-order chi connectivity index (χ1) is 15.5. The van der Waals surface area contributed by atoms with Gasteiger partial charge in [-0.2, -0.15) is 26.3 Å². The van der Waals surface area contributed by atoms with Gasteiger partial charge < -0.3 is 9.64 Å². The molecule has 2 aliphatic heterocycles. The van der Waals surface area contributed by atoms with Gasteiger partial charge in [0.05, 0.1) is 17.2 Å². The van der Waals surface area contributed by atoms with Crippen molar-refractivity contribution in [1.29, 1.82) is 0 Å². The van der Waals surface area contributed by atoms with Gasteiger partial charge >= 0.3 is 18.3 Å². The highest BCUT2D eigenvalue weighted by atomic mass is 19.4. The number of ether oxygens (including phenoxy) is 1. The average molecular weight is 472 g/mol. The highest BCUT2D eigenvalue weighted by Crippen LogP contribution is 2.39. The monoisotopic (exact) mass is 472 g/mol. The molecule has 1 saturated heterocycles. The lowest BCUT2D eigenvalue weighted by Gasteiger charge is -2.49. The maximum atomic E-state index is 13.5. The maximum Gasteiger partial charge on any atom is 0.490 e. The van der Waals surface area contributed by atoms with Gasteiger partial charge in [0, 0.05) is 19.6 Å². The van der Waals surface area contributed by atoms with E-state index in [1.54, 1.807) is 30.3 Å². The predicted molar refractivity (Wildman–Crippen MR) is 103 cm³/mol. The number of alkyl halides is 6. The van der Waals surface area contributed by atoms with Crippen molar-refractivity contribution in [3.8, 4) is 0 Å². The first-order valence-corrected chi connectivity index (χ1v) is 10.0. The van der Waals surface area contributed by atoms with Crippen LogP contribution in [0.3, 0.4) is 0 Å². The van der Waals surface area contributed by atoms with Crippen LogP contribution < -0.4 is 0 Å². The summed E-state index contributed by atoms with van der Waals surface area (Å²) in [6.07, 6.45) is -11.7. The lowest BCUT2D eigenvalue weighted by molar-refractivity contribution is -0.221. The molecule has 11 heteroatoms. The quantitative estimate of drug-likeness (QED) is 0.500. The molecule has 5 nitrogen and oxygen atoms in total. The molecule has 4 rings (SSSR count). The Morgan fingerprint density at radius 2 is 1.67 bits per heavy atom. The smallest absolute Gasteiger partial charge is 0.437 e. The van der Waals surface area contributed by atoms with Gasteiger partial charge in [-0.25, -0.2) is 4.79 Å². The average Bonchev–Trinajstić information content (AvgIpc) is 2.74. The van der Waals surface area contributed by atoms with Crippen LogP contribution in [-0.2, 0) is 28.7 Å². The molecular formula is C22H18F6N2O3. The topological polar surface area (TPSA) is 49.9 Å². The zero-order chi connectivity index (χ0) is 24.0. The molecule has 0 spiro atoms. The fourth-order valence-electron chi connectivity index (χ4n) is 4.33. The van der Waals surface area contributed by atoms with Crippen molar-refractivity contribution < 1.29 is 40.7 Å². The summed E-state index contributed by atoms with van der Waals surface area (Å²) in [7, 11) is 0. The Labute approximate surface area is 184 Å². The minimum absolute atomic E-state index is 0.0104. The second kappa shape index (κ2) is 8.36.